The lowest BCUT2D eigenvalue weighted by molar-refractivity contribution is -0.136. The fraction of sp³-hybridized carbons (Fsp3) is 0.190. The number of fused-ring (bicyclic) bond motifs is 1. The summed E-state index contributed by atoms with van der Waals surface area (Å²) in [6.45, 7) is 1.90. The van der Waals surface area contributed by atoms with Crippen molar-refractivity contribution < 1.29 is 14.6 Å². The third-order valence-corrected chi connectivity index (χ3v) is 5.94. The summed E-state index contributed by atoms with van der Waals surface area (Å²) in [5.74, 6) is 0.190. The minimum atomic E-state index is -0.757. The normalized spacial score (nSPS) is 12.0. The van der Waals surface area contributed by atoms with Gasteiger partial charge in [0, 0.05) is 11.6 Å². The number of aromatic nitrogens is 4. The maximum atomic E-state index is 11.7. The molecule has 0 spiro atoms. The number of rotatable bonds is 7. The quantitative estimate of drug-likeness (QED) is 0.282. The van der Waals surface area contributed by atoms with E-state index in [1.807, 2.05) is 6.07 Å². The third-order valence-electron chi connectivity index (χ3n) is 4.27. The topological polar surface area (TPSA) is 110 Å². The van der Waals surface area contributed by atoms with E-state index in [1.54, 1.807) is 30.3 Å². The lowest BCUT2D eigenvalue weighted by Gasteiger charge is -2.07. The molecule has 2 heterocycles. The summed E-state index contributed by atoms with van der Waals surface area (Å²) in [6.07, 6.45) is 0.667. The van der Waals surface area contributed by atoms with Crippen LogP contribution in [0.15, 0.2) is 42.6 Å². The van der Waals surface area contributed by atoms with E-state index in [9.17, 15) is 9.90 Å². The van der Waals surface area contributed by atoms with Gasteiger partial charge >= 0.3 is 5.97 Å². The number of hydrogen-bond donors (Lipinski definition) is 2. The van der Waals surface area contributed by atoms with Crippen LogP contribution in [0.5, 0.6) is 5.75 Å². The molecule has 2 N–H and O–H groups in total. The van der Waals surface area contributed by atoms with Crippen LogP contribution >= 0.6 is 34.5 Å². The molecule has 0 aliphatic carbocycles. The van der Waals surface area contributed by atoms with E-state index in [0.717, 1.165) is 9.71 Å². The number of hydrogen-bond acceptors (Lipinski definition) is 9. The number of nitrogens with one attached hydrogen (secondary N) is 1. The standard InChI is InChI=1S/C21H17Cl2N5O3S/c1-11(29)7-19(30)31-12-5-6-17-15(8-12)26-18(32-17)10-24-21-27-16(9-25-28-21)20-13(22)3-2-4-14(20)23/h2-6,8-9,11,29H,7,10H2,1H3,(H,24,27,28). The van der Waals surface area contributed by atoms with Crippen molar-refractivity contribution >= 4 is 56.7 Å². The Hall–Kier alpha value is -2.85. The van der Waals surface area contributed by atoms with Gasteiger partial charge in [0.05, 0.1) is 51.2 Å². The predicted octanol–water partition coefficient (Wildman–Crippen LogP) is 4.74. The van der Waals surface area contributed by atoms with Crippen LogP contribution in [-0.4, -0.2) is 37.3 Å². The number of anilines is 1. The molecule has 0 bridgehead atoms. The van der Waals surface area contributed by atoms with Crippen molar-refractivity contribution in [1.29, 1.82) is 0 Å². The van der Waals surface area contributed by atoms with Crippen molar-refractivity contribution in [3.05, 3.63) is 57.6 Å². The summed E-state index contributed by atoms with van der Waals surface area (Å²) in [5, 5.41) is 22.1. The van der Waals surface area contributed by atoms with E-state index >= 15 is 0 Å². The Morgan fingerprint density at radius 3 is 2.75 bits per heavy atom. The Morgan fingerprint density at radius 1 is 1.22 bits per heavy atom. The number of esters is 1. The molecule has 0 aliphatic rings. The molecule has 1 unspecified atom stereocenters. The van der Waals surface area contributed by atoms with Crippen LogP contribution in [0.25, 0.3) is 21.5 Å². The molecule has 0 fully saturated rings. The number of halogens is 2. The first-order valence-corrected chi connectivity index (χ1v) is 11.1. The highest BCUT2D eigenvalue weighted by Gasteiger charge is 2.13. The number of benzene rings is 2. The van der Waals surface area contributed by atoms with Gasteiger partial charge in [-0.05, 0) is 31.2 Å². The summed E-state index contributed by atoms with van der Waals surface area (Å²) in [7, 11) is 0. The van der Waals surface area contributed by atoms with Crippen LogP contribution in [0.2, 0.25) is 10.0 Å². The third kappa shape index (κ3) is 5.31. The molecule has 0 saturated carbocycles. The molecule has 8 nitrogen and oxygen atoms in total. The largest absolute Gasteiger partial charge is 0.426 e. The van der Waals surface area contributed by atoms with Crippen molar-refractivity contribution in [2.24, 2.45) is 0 Å². The van der Waals surface area contributed by atoms with E-state index in [4.69, 9.17) is 27.9 Å². The molecular formula is C21H17Cl2N5O3S. The molecular weight excluding hydrogens is 473 g/mol. The second-order valence-electron chi connectivity index (χ2n) is 6.88. The number of thiazole rings is 1. The van der Waals surface area contributed by atoms with Gasteiger partial charge in [0.25, 0.3) is 0 Å². The van der Waals surface area contributed by atoms with Crippen LogP contribution in [0.1, 0.15) is 18.4 Å². The first-order valence-electron chi connectivity index (χ1n) is 9.55. The number of ether oxygens (including phenoxy) is 1. The fourth-order valence-electron chi connectivity index (χ4n) is 2.90. The molecule has 4 aromatic rings. The highest BCUT2D eigenvalue weighted by molar-refractivity contribution is 7.18. The molecule has 2 aromatic carbocycles. The summed E-state index contributed by atoms with van der Waals surface area (Å²) < 4.78 is 6.18. The lowest BCUT2D eigenvalue weighted by atomic mass is 10.1. The second kappa shape index (κ2) is 9.74. The molecule has 0 saturated heterocycles. The zero-order valence-corrected chi connectivity index (χ0v) is 19.1. The van der Waals surface area contributed by atoms with Gasteiger partial charge in [-0.3, -0.25) is 4.79 Å². The summed E-state index contributed by atoms with van der Waals surface area (Å²) in [6, 6.07) is 10.4. The minimum absolute atomic E-state index is 0.0726. The average Bonchev–Trinajstić information content (AvgIpc) is 3.14. The molecule has 0 aliphatic heterocycles. The molecule has 164 valence electrons. The molecule has 4 rings (SSSR count). The van der Waals surface area contributed by atoms with Crippen LogP contribution in [0, 0.1) is 0 Å². The Kier molecular flexibility index (Phi) is 6.80. The first kappa shape index (κ1) is 22.3. The van der Waals surface area contributed by atoms with Gasteiger partial charge in [-0.25, -0.2) is 9.97 Å². The zero-order chi connectivity index (χ0) is 22.7. The smallest absolute Gasteiger partial charge is 0.313 e. The van der Waals surface area contributed by atoms with E-state index < -0.39 is 12.1 Å². The summed E-state index contributed by atoms with van der Waals surface area (Å²) in [5.41, 5.74) is 1.79. The molecule has 0 radical (unpaired) electrons. The number of carbonyl (C=O) groups is 1. The van der Waals surface area contributed by atoms with Gasteiger partial charge in [-0.2, -0.15) is 5.10 Å². The second-order valence-corrected chi connectivity index (χ2v) is 8.81. The van der Waals surface area contributed by atoms with E-state index in [2.05, 4.69) is 25.5 Å². The van der Waals surface area contributed by atoms with Gasteiger partial charge in [0.1, 0.15) is 10.8 Å². The molecule has 32 heavy (non-hydrogen) atoms. The van der Waals surface area contributed by atoms with E-state index in [1.165, 1.54) is 24.5 Å². The Bertz CT molecular complexity index is 1260. The number of aliphatic hydroxyl groups excluding tert-OH is 1. The number of carbonyl (C=O) groups excluding carboxylic acids is 1. The lowest BCUT2D eigenvalue weighted by Crippen LogP contribution is -2.14. The van der Waals surface area contributed by atoms with Gasteiger partial charge < -0.3 is 15.2 Å². The summed E-state index contributed by atoms with van der Waals surface area (Å²) in [4.78, 5) is 20.8. The Balaban J connectivity index is 1.47. The average molecular weight is 490 g/mol. The molecule has 1 atom stereocenters. The van der Waals surface area contributed by atoms with Gasteiger partial charge in [-0.15, -0.1) is 16.4 Å². The highest BCUT2D eigenvalue weighted by atomic mass is 35.5. The van der Waals surface area contributed by atoms with Crippen molar-refractivity contribution in [2.75, 3.05) is 5.32 Å². The maximum absolute atomic E-state index is 11.7. The van der Waals surface area contributed by atoms with Crippen molar-refractivity contribution in [3.8, 4) is 17.0 Å². The first-order chi connectivity index (χ1) is 15.4. The van der Waals surface area contributed by atoms with Crippen LogP contribution in [0.4, 0.5) is 5.95 Å². The van der Waals surface area contributed by atoms with Crippen LogP contribution in [-0.2, 0) is 11.3 Å². The zero-order valence-electron chi connectivity index (χ0n) is 16.7. The minimum Gasteiger partial charge on any atom is -0.426 e. The highest BCUT2D eigenvalue weighted by Crippen LogP contribution is 2.33. The molecule has 0 amide bonds. The van der Waals surface area contributed by atoms with Gasteiger partial charge in [-0.1, -0.05) is 29.3 Å². The number of aliphatic hydroxyl groups is 1. The molecule has 11 heteroatoms. The van der Waals surface area contributed by atoms with Gasteiger partial charge in [0.15, 0.2) is 0 Å². The predicted molar refractivity (Wildman–Crippen MR) is 124 cm³/mol. The van der Waals surface area contributed by atoms with E-state index in [-0.39, 0.29) is 6.42 Å². The Labute approximate surface area is 197 Å². The monoisotopic (exact) mass is 489 g/mol. The van der Waals surface area contributed by atoms with Crippen LogP contribution < -0.4 is 10.1 Å². The van der Waals surface area contributed by atoms with Crippen molar-refractivity contribution in [1.82, 2.24) is 20.2 Å². The van der Waals surface area contributed by atoms with Gasteiger partial charge in [0.2, 0.25) is 5.95 Å². The maximum Gasteiger partial charge on any atom is 0.313 e. The SMILES string of the molecule is CC(O)CC(=O)Oc1ccc2sc(CNc3nncc(-c4c(Cl)cccc4Cl)n3)nc2c1. The summed E-state index contributed by atoms with van der Waals surface area (Å²) >= 11 is 14.0. The number of nitrogens with zero attached hydrogens (tertiary/aromatic N) is 4. The van der Waals surface area contributed by atoms with Crippen molar-refractivity contribution in [2.45, 2.75) is 26.0 Å². The van der Waals surface area contributed by atoms with E-state index in [0.29, 0.717) is 45.1 Å². The molecule has 2 aromatic heterocycles. The van der Waals surface area contributed by atoms with Crippen molar-refractivity contribution in [3.63, 3.8) is 0 Å². The fourth-order valence-corrected chi connectivity index (χ4v) is 4.38. The van der Waals surface area contributed by atoms with Crippen LogP contribution in [0.3, 0.4) is 0 Å². The Morgan fingerprint density at radius 2 is 2.00 bits per heavy atom.